The van der Waals surface area contributed by atoms with Crippen LogP contribution in [0.25, 0.3) is 17.0 Å². The standard InChI is InChI=1S/C13H9BNO2S/c16-12-10(18-13-11(14-12)15-13)6-7-1-2-9-8(5-7)3-4-17-9/h1-6,11,13,15H/b10-6-. The molecule has 3 nitrogen and oxygen atoms in total. The van der Waals surface area contributed by atoms with Crippen LogP contribution in [-0.4, -0.2) is 24.3 Å². The number of nitrogens with one attached hydrogen (secondary N) is 1. The number of fused-ring (bicyclic) bond motifs is 2. The highest BCUT2D eigenvalue weighted by Crippen LogP contribution is 2.37. The molecule has 2 atom stereocenters. The number of allylic oxidation sites excluding steroid dienone is 1. The van der Waals surface area contributed by atoms with Crippen LogP contribution < -0.4 is 5.32 Å². The molecule has 3 heterocycles. The van der Waals surface area contributed by atoms with Crippen molar-refractivity contribution in [3.8, 4) is 0 Å². The summed E-state index contributed by atoms with van der Waals surface area (Å²) in [6.07, 6.45) is 3.63. The molecule has 0 amide bonds. The van der Waals surface area contributed by atoms with Crippen LogP contribution in [0.15, 0.2) is 39.9 Å². The summed E-state index contributed by atoms with van der Waals surface area (Å²) >= 11 is 1.62. The van der Waals surface area contributed by atoms with Crippen molar-refractivity contribution in [3.05, 3.63) is 41.0 Å². The lowest BCUT2D eigenvalue weighted by atomic mass is 9.68. The van der Waals surface area contributed by atoms with Crippen LogP contribution in [0.2, 0.25) is 0 Å². The minimum atomic E-state index is 0.124. The zero-order valence-corrected chi connectivity index (χ0v) is 10.2. The molecule has 1 aromatic carbocycles. The molecule has 1 aromatic heterocycles. The predicted molar refractivity (Wildman–Crippen MR) is 73.3 cm³/mol. The van der Waals surface area contributed by atoms with Gasteiger partial charge in [0, 0.05) is 16.2 Å². The molecular weight excluding hydrogens is 245 g/mol. The van der Waals surface area contributed by atoms with Crippen LogP contribution in [0, 0.1) is 0 Å². The fourth-order valence-electron chi connectivity index (χ4n) is 2.15. The largest absolute Gasteiger partial charge is 0.464 e. The minimum absolute atomic E-state index is 0.124. The third-order valence-electron chi connectivity index (χ3n) is 3.18. The highest BCUT2D eigenvalue weighted by Gasteiger charge is 2.45. The van der Waals surface area contributed by atoms with Gasteiger partial charge < -0.3 is 14.5 Å². The van der Waals surface area contributed by atoms with E-state index in [0.717, 1.165) is 21.4 Å². The second-order valence-electron chi connectivity index (χ2n) is 4.49. The molecule has 87 valence electrons. The Bertz CT molecular complexity index is 678. The van der Waals surface area contributed by atoms with Crippen LogP contribution in [0.1, 0.15) is 5.56 Å². The lowest BCUT2D eigenvalue weighted by Crippen LogP contribution is -2.22. The van der Waals surface area contributed by atoms with Crippen LogP contribution in [0.4, 0.5) is 0 Å². The zero-order chi connectivity index (χ0) is 12.1. The summed E-state index contributed by atoms with van der Waals surface area (Å²) in [5.41, 5.74) is 2.03. The van der Waals surface area contributed by atoms with Gasteiger partial charge in [-0.2, -0.15) is 0 Å². The normalized spacial score (nSPS) is 28.2. The Morgan fingerprint density at radius 1 is 1.39 bits per heavy atom. The van der Waals surface area contributed by atoms with Crippen molar-refractivity contribution < 1.29 is 9.21 Å². The van der Waals surface area contributed by atoms with Gasteiger partial charge >= 0.3 is 0 Å². The average Bonchev–Trinajstić information content (AvgIpc) is 2.94. The number of benzene rings is 1. The Kier molecular flexibility index (Phi) is 2.19. The number of hydrogen-bond donors (Lipinski definition) is 1. The van der Waals surface area contributed by atoms with Crippen molar-refractivity contribution in [1.29, 1.82) is 0 Å². The smallest absolute Gasteiger partial charge is 0.234 e. The number of carbonyl (C=O) groups excluding carboxylic acids is 1. The van der Waals surface area contributed by atoms with Crippen molar-refractivity contribution in [2.45, 2.75) is 11.3 Å². The lowest BCUT2D eigenvalue weighted by Gasteiger charge is -2.09. The third kappa shape index (κ3) is 1.71. The molecule has 0 spiro atoms. The highest BCUT2D eigenvalue weighted by molar-refractivity contribution is 8.05. The third-order valence-corrected chi connectivity index (χ3v) is 4.43. The fourth-order valence-corrected chi connectivity index (χ4v) is 3.26. The molecule has 2 saturated heterocycles. The molecular formula is C13H9BNO2S. The lowest BCUT2D eigenvalue weighted by molar-refractivity contribution is -0.108. The van der Waals surface area contributed by atoms with Crippen molar-refractivity contribution in [3.63, 3.8) is 0 Å². The summed E-state index contributed by atoms with van der Waals surface area (Å²) in [5.74, 6) is 0.288. The molecule has 2 unspecified atom stereocenters. The maximum absolute atomic E-state index is 11.8. The van der Waals surface area contributed by atoms with Crippen molar-refractivity contribution in [2.24, 2.45) is 0 Å². The second-order valence-corrected chi connectivity index (χ2v) is 5.67. The van der Waals surface area contributed by atoms with Gasteiger partial charge in [-0.1, -0.05) is 6.07 Å². The van der Waals surface area contributed by atoms with E-state index >= 15 is 0 Å². The zero-order valence-electron chi connectivity index (χ0n) is 9.42. The first kappa shape index (κ1) is 10.5. The van der Waals surface area contributed by atoms with Crippen LogP contribution in [0.3, 0.4) is 0 Å². The number of carbonyl (C=O) groups is 1. The van der Waals surface area contributed by atoms with E-state index in [1.165, 1.54) is 0 Å². The maximum atomic E-state index is 11.8. The second kappa shape index (κ2) is 3.77. The van der Waals surface area contributed by atoms with Crippen molar-refractivity contribution in [2.75, 3.05) is 0 Å². The Labute approximate surface area is 109 Å². The molecule has 0 aliphatic carbocycles. The highest BCUT2D eigenvalue weighted by atomic mass is 32.2. The molecule has 2 aliphatic rings. The van der Waals surface area contributed by atoms with E-state index < -0.39 is 0 Å². The van der Waals surface area contributed by atoms with Gasteiger partial charge in [0.25, 0.3) is 0 Å². The van der Waals surface area contributed by atoms with Gasteiger partial charge in [0.2, 0.25) is 7.28 Å². The van der Waals surface area contributed by atoms with E-state index in [1.807, 2.05) is 30.3 Å². The number of rotatable bonds is 1. The quantitative estimate of drug-likeness (QED) is 0.480. The Morgan fingerprint density at radius 3 is 3.28 bits per heavy atom. The van der Waals surface area contributed by atoms with E-state index in [4.69, 9.17) is 4.42 Å². The summed E-state index contributed by atoms with van der Waals surface area (Å²) < 4.78 is 5.30. The van der Waals surface area contributed by atoms with Gasteiger partial charge in [0.05, 0.1) is 11.6 Å². The van der Waals surface area contributed by atoms with Crippen molar-refractivity contribution >= 4 is 41.8 Å². The summed E-state index contributed by atoms with van der Waals surface area (Å²) in [7, 11) is 1.77. The van der Waals surface area contributed by atoms with E-state index in [0.29, 0.717) is 5.37 Å². The van der Waals surface area contributed by atoms with E-state index in [-0.39, 0.29) is 11.6 Å². The topological polar surface area (TPSA) is 52.2 Å². The van der Waals surface area contributed by atoms with Gasteiger partial charge in [0.15, 0.2) is 0 Å². The van der Waals surface area contributed by atoms with Gasteiger partial charge in [-0.15, -0.1) is 11.8 Å². The predicted octanol–water partition coefficient (Wildman–Crippen LogP) is 2.01. The first-order chi connectivity index (χ1) is 8.79. The van der Waals surface area contributed by atoms with Crippen LogP contribution in [0.5, 0.6) is 0 Å². The molecule has 5 heteroatoms. The molecule has 18 heavy (non-hydrogen) atoms. The molecule has 0 saturated carbocycles. The Morgan fingerprint density at radius 2 is 2.33 bits per heavy atom. The molecule has 4 rings (SSSR count). The molecule has 2 aliphatic heterocycles. The minimum Gasteiger partial charge on any atom is -0.464 e. The molecule has 1 radical (unpaired) electrons. The average molecular weight is 254 g/mol. The van der Waals surface area contributed by atoms with Gasteiger partial charge in [-0.3, -0.25) is 0 Å². The SMILES string of the molecule is O=C1[B]C2NC2S/C1=C\c1ccc2occc2c1. The van der Waals surface area contributed by atoms with E-state index in [2.05, 4.69) is 5.32 Å². The summed E-state index contributed by atoms with van der Waals surface area (Å²) in [6.45, 7) is 0. The Hall–Kier alpha value is -1.46. The fraction of sp³-hybridized carbons (Fsp3) is 0.154. The number of thioether (sulfide) groups is 1. The maximum Gasteiger partial charge on any atom is 0.234 e. The molecule has 0 bridgehead atoms. The van der Waals surface area contributed by atoms with Gasteiger partial charge in [-0.05, 0) is 29.8 Å². The molecule has 1 N–H and O–H groups in total. The summed E-state index contributed by atoms with van der Waals surface area (Å²) in [4.78, 5) is 12.7. The first-order valence-electron chi connectivity index (χ1n) is 5.80. The van der Waals surface area contributed by atoms with Crippen molar-refractivity contribution in [1.82, 2.24) is 5.32 Å². The number of furan rings is 1. The van der Waals surface area contributed by atoms with Gasteiger partial charge in [-0.25, -0.2) is 0 Å². The van der Waals surface area contributed by atoms with E-state index in [1.54, 1.807) is 25.3 Å². The van der Waals surface area contributed by atoms with E-state index in [9.17, 15) is 4.79 Å². The van der Waals surface area contributed by atoms with Crippen LogP contribution in [-0.2, 0) is 4.79 Å². The molecule has 2 aromatic rings. The first-order valence-corrected chi connectivity index (χ1v) is 6.68. The monoisotopic (exact) mass is 254 g/mol. The molecule has 2 fully saturated rings. The summed E-state index contributed by atoms with van der Waals surface area (Å²) in [6, 6.07) is 7.87. The van der Waals surface area contributed by atoms with Gasteiger partial charge in [0.1, 0.15) is 11.3 Å². The number of hydrogen-bond acceptors (Lipinski definition) is 4. The Balaban J connectivity index is 1.71. The summed E-state index contributed by atoms with van der Waals surface area (Å²) in [5, 5.41) is 4.69. The van der Waals surface area contributed by atoms with Crippen LogP contribution >= 0.6 is 11.8 Å².